The average molecular weight is 372 g/mol. The van der Waals surface area contributed by atoms with E-state index in [1.165, 1.54) is 0 Å². The number of benzene rings is 3. The number of nitrogens with two attached hydrogens (primary N) is 1. The van der Waals surface area contributed by atoms with Gasteiger partial charge in [0.1, 0.15) is 11.5 Å². The third kappa shape index (κ3) is 5.23. The maximum atomic E-state index is 9.12. The molecule has 4 nitrogen and oxygen atoms in total. The highest BCUT2D eigenvalue weighted by atomic mass is 35.5. The fourth-order valence-corrected chi connectivity index (χ4v) is 2.46. The van der Waals surface area contributed by atoms with Gasteiger partial charge in [-0.25, -0.2) is 0 Å². The standard InChI is InChI=1S/C21H21NO3.ClH/c22-19(13-14-23)16-11-12-20(24-17-7-3-1-4-8-17)21(15-16)25-18-9-5-2-6-10-18;/h1-12,15,19,23H,13-14,22H2;1H/t19-;/m0./s1. The second-order valence-electron chi connectivity index (χ2n) is 5.66. The predicted molar refractivity (Wildman–Crippen MR) is 105 cm³/mol. The fraction of sp³-hybridized carbons (Fsp3) is 0.143. The van der Waals surface area contributed by atoms with Crippen LogP contribution in [0.25, 0.3) is 0 Å². The molecule has 3 aromatic rings. The van der Waals surface area contributed by atoms with Gasteiger partial charge in [0.05, 0.1) is 0 Å². The molecule has 0 spiro atoms. The van der Waals surface area contributed by atoms with Crippen LogP contribution in [0.5, 0.6) is 23.0 Å². The van der Waals surface area contributed by atoms with Crippen LogP contribution < -0.4 is 15.2 Å². The van der Waals surface area contributed by atoms with Crippen LogP contribution >= 0.6 is 12.4 Å². The molecule has 0 amide bonds. The quantitative estimate of drug-likeness (QED) is 0.608. The molecule has 0 radical (unpaired) electrons. The summed E-state index contributed by atoms with van der Waals surface area (Å²) < 4.78 is 12.0. The van der Waals surface area contributed by atoms with Gasteiger partial charge in [0.15, 0.2) is 11.5 Å². The Morgan fingerprint density at radius 2 is 1.31 bits per heavy atom. The van der Waals surface area contributed by atoms with E-state index in [0.29, 0.717) is 23.7 Å². The maximum Gasteiger partial charge on any atom is 0.170 e. The van der Waals surface area contributed by atoms with E-state index in [-0.39, 0.29) is 25.1 Å². The Balaban J connectivity index is 0.00000243. The zero-order chi connectivity index (χ0) is 17.5. The predicted octanol–water partition coefficient (Wildman–Crippen LogP) is 5.08. The Bertz CT molecular complexity index is 797. The zero-order valence-corrected chi connectivity index (χ0v) is 15.1. The van der Waals surface area contributed by atoms with Crippen molar-refractivity contribution in [1.82, 2.24) is 0 Å². The number of hydrogen-bond donors (Lipinski definition) is 2. The molecular weight excluding hydrogens is 350 g/mol. The highest BCUT2D eigenvalue weighted by Gasteiger charge is 2.13. The topological polar surface area (TPSA) is 64.7 Å². The lowest BCUT2D eigenvalue weighted by molar-refractivity contribution is 0.276. The Kier molecular flexibility index (Phi) is 7.48. The molecule has 0 saturated carbocycles. The average Bonchev–Trinajstić information content (AvgIpc) is 2.65. The van der Waals surface area contributed by atoms with Crippen LogP contribution in [0.3, 0.4) is 0 Å². The van der Waals surface area contributed by atoms with Crippen LogP contribution in [0.4, 0.5) is 0 Å². The van der Waals surface area contributed by atoms with Crippen molar-refractivity contribution in [3.05, 3.63) is 84.4 Å². The van der Waals surface area contributed by atoms with Gasteiger partial charge in [0, 0.05) is 12.6 Å². The van der Waals surface area contributed by atoms with Gasteiger partial charge in [-0.3, -0.25) is 0 Å². The van der Waals surface area contributed by atoms with Gasteiger partial charge in [-0.2, -0.15) is 0 Å². The summed E-state index contributed by atoms with van der Waals surface area (Å²) >= 11 is 0. The smallest absolute Gasteiger partial charge is 0.170 e. The molecule has 0 fully saturated rings. The van der Waals surface area contributed by atoms with Crippen LogP contribution in [0.2, 0.25) is 0 Å². The van der Waals surface area contributed by atoms with Crippen molar-refractivity contribution < 1.29 is 14.6 Å². The van der Waals surface area contributed by atoms with Gasteiger partial charge in [-0.15, -0.1) is 12.4 Å². The van der Waals surface area contributed by atoms with Crippen molar-refractivity contribution in [3.63, 3.8) is 0 Å². The molecule has 0 aromatic heterocycles. The van der Waals surface area contributed by atoms with Crippen LogP contribution in [-0.2, 0) is 0 Å². The van der Waals surface area contributed by atoms with Crippen molar-refractivity contribution in [3.8, 4) is 23.0 Å². The highest BCUT2D eigenvalue weighted by molar-refractivity contribution is 5.85. The number of para-hydroxylation sites is 2. The van der Waals surface area contributed by atoms with Crippen LogP contribution in [0.1, 0.15) is 18.0 Å². The summed E-state index contributed by atoms with van der Waals surface area (Å²) in [7, 11) is 0. The Morgan fingerprint density at radius 1 is 0.769 bits per heavy atom. The van der Waals surface area contributed by atoms with Gasteiger partial charge < -0.3 is 20.3 Å². The first kappa shape index (κ1) is 19.8. The summed E-state index contributed by atoms with van der Waals surface area (Å²) in [6.45, 7) is 0.0400. The van der Waals surface area contributed by atoms with Gasteiger partial charge in [-0.05, 0) is 48.4 Å². The van der Waals surface area contributed by atoms with Gasteiger partial charge in [-0.1, -0.05) is 42.5 Å². The summed E-state index contributed by atoms with van der Waals surface area (Å²) in [5.41, 5.74) is 7.00. The monoisotopic (exact) mass is 371 g/mol. The van der Waals surface area contributed by atoms with E-state index < -0.39 is 0 Å². The maximum absolute atomic E-state index is 9.12. The van der Waals surface area contributed by atoms with E-state index in [1.807, 2.05) is 78.9 Å². The van der Waals surface area contributed by atoms with Gasteiger partial charge in [0.2, 0.25) is 0 Å². The number of ether oxygens (including phenoxy) is 2. The van der Waals surface area contributed by atoms with Crippen molar-refractivity contribution in [2.75, 3.05) is 6.61 Å². The largest absolute Gasteiger partial charge is 0.453 e. The van der Waals surface area contributed by atoms with Crippen LogP contribution in [0, 0.1) is 0 Å². The normalized spacial score (nSPS) is 11.3. The molecule has 0 heterocycles. The van der Waals surface area contributed by atoms with Gasteiger partial charge >= 0.3 is 0 Å². The second kappa shape index (κ2) is 9.82. The third-order valence-electron chi connectivity index (χ3n) is 3.78. The molecule has 0 bridgehead atoms. The minimum atomic E-state index is -0.256. The molecule has 26 heavy (non-hydrogen) atoms. The summed E-state index contributed by atoms with van der Waals surface area (Å²) in [6.07, 6.45) is 0.490. The lowest BCUT2D eigenvalue weighted by atomic mass is 10.0. The Labute approximate surface area is 159 Å². The zero-order valence-electron chi connectivity index (χ0n) is 14.2. The Morgan fingerprint density at radius 3 is 1.85 bits per heavy atom. The molecule has 0 aliphatic heterocycles. The highest BCUT2D eigenvalue weighted by Crippen LogP contribution is 2.36. The Hall–Kier alpha value is -2.53. The minimum Gasteiger partial charge on any atom is -0.453 e. The number of halogens is 1. The third-order valence-corrected chi connectivity index (χ3v) is 3.78. The summed E-state index contributed by atoms with van der Waals surface area (Å²) in [4.78, 5) is 0. The van der Waals surface area contributed by atoms with E-state index in [1.54, 1.807) is 0 Å². The number of aliphatic hydroxyl groups excluding tert-OH is 1. The van der Waals surface area contributed by atoms with E-state index in [9.17, 15) is 0 Å². The molecule has 1 atom stereocenters. The lowest BCUT2D eigenvalue weighted by Crippen LogP contribution is -2.12. The van der Waals surface area contributed by atoms with E-state index in [2.05, 4.69) is 0 Å². The molecule has 3 aromatic carbocycles. The van der Waals surface area contributed by atoms with Crippen LogP contribution in [0.15, 0.2) is 78.9 Å². The molecule has 136 valence electrons. The van der Waals surface area contributed by atoms with Crippen molar-refractivity contribution in [2.24, 2.45) is 5.73 Å². The SMILES string of the molecule is Cl.N[C@@H](CCO)c1ccc(Oc2ccccc2)c(Oc2ccccc2)c1. The number of aliphatic hydroxyl groups is 1. The molecule has 3 N–H and O–H groups in total. The molecular formula is C21H22ClNO3. The van der Waals surface area contributed by atoms with E-state index in [0.717, 1.165) is 11.3 Å². The summed E-state index contributed by atoms with van der Waals surface area (Å²) in [5.74, 6) is 2.64. The molecule has 0 saturated heterocycles. The van der Waals surface area contributed by atoms with Crippen molar-refractivity contribution in [1.29, 1.82) is 0 Å². The minimum absolute atomic E-state index is 0. The van der Waals surface area contributed by atoms with Crippen molar-refractivity contribution >= 4 is 12.4 Å². The molecule has 0 unspecified atom stereocenters. The first-order valence-corrected chi connectivity index (χ1v) is 8.22. The second-order valence-corrected chi connectivity index (χ2v) is 5.66. The van der Waals surface area contributed by atoms with Gasteiger partial charge in [0.25, 0.3) is 0 Å². The lowest BCUT2D eigenvalue weighted by Gasteiger charge is -2.16. The van der Waals surface area contributed by atoms with E-state index >= 15 is 0 Å². The number of rotatable bonds is 7. The first-order chi connectivity index (χ1) is 12.3. The summed E-state index contributed by atoms with van der Waals surface area (Å²) in [5, 5.41) is 9.12. The first-order valence-electron chi connectivity index (χ1n) is 8.22. The number of hydrogen-bond acceptors (Lipinski definition) is 4. The molecule has 5 heteroatoms. The molecule has 0 aliphatic carbocycles. The van der Waals surface area contributed by atoms with E-state index in [4.69, 9.17) is 20.3 Å². The van der Waals surface area contributed by atoms with Crippen molar-refractivity contribution in [2.45, 2.75) is 12.5 Å². The molecule has 0 aliphatic rings. The van der Waals surface area contributed by atoms with Crippen LogP contribution in [-0.4, -0.2) is 11.7 Å². The summed E-state index contributed by atoms with van der Waals surface area (Å²) in [6, 6.07) is 24.4. The molecule has 3 rings (SSSR count). The fourth-order valence-electron chi connectivity index (χ4n) is 2.46.